The first kappa shape index (κ1) is 10.9. The first-order chi connectivity index (χ1) is 7.15. The Bertz CT molecular complexity index is 251. The molecule has 1 aliphatic carbocycles. The van der Waals surface area contributed by atoms with E-state index >= 15 is 0 Å². The largest absolute Gasteiger partial charge is 0.469 e. The molecule has 0 spiro atoms. The molecule has 1 heterocycles. The summed E-state index contributed by atoms with van der Waals surface area (Å²) in [4.78, 5) is 11.9. The first-order valence-electron chi connectivity index (χ1n) is 5.53. The van der Waals surface area contributed by atoms with Crippen molar-refractivity contribution in [3.05, 3.63) is 0 Å². The van der Waals surface area contributed by atoms with Crippen molar-refractivity contribution < 1.29 is 19.4 Å². The summed E-state index contributed by atoms with van der Waals surface area (Å²) < 4.78 is 9.91. The second-order valence-electron chi connectivity index (χ2n) is 4.66. The van der Waals surface area contributed by atoms with Crippen molar-refractivity contribution in [2.75, 3.05) is 20.3 Å². The number of carbonyl (C=O) groups excluding carboxylic acids is 1. The molecule has 0 atom stereocenters. The van der Waals surface area contributed by atoms with Gasteiger partial charge in [-0.2, -0.15) is 0 Å². The van der Waals surface area contributed by atoms with E-state index in [-0.39, 0.29) is 19.2 Å². The van der Waals surface area contributed by atoms with E-state index in [1.165, 1.54) is 7.11 Å². The van der Waals surface area contributed by atoms with Crippen molar-refractivity contribution in [1.29, 1.82) is 0 Å². The highest BCUT2D eigenvalue weighted by Gasteiger charge is 2.60. The molecule has 2 rings (SSSR count). The molecule has 0 aromatic carbocycles. The summed E-state index contributed by atoms with van der Waals surface area (Å²) in [5.41, 5.74) is -1.70. The Morgan fingerprint density at radius 2 is 1.87 bits per heavy atom. The fourth-order valence-electron chi connectivity index (χ4n) is 2.78. The Labute approximate surface area is 89.6 Å². The van der Waals surface area contributed by atoms with Gasteiger partial charge in [0, 0.05) is 0 Å². The van der Waals surface area contributed by atoms with Crippen LogP contribution in [0.25, 0.3) is 0 Å². The minimum atomic E-state index is -0.986. The van der Waals surface area contributed by atoms with Gasteiger partial charge in [0.1, 0.15) is 11.0 Å². The molecule has 0 unspecified atom stereocenters. The fourth-order valence-corrected chi connectivity index (χ4v) is 2.78. The number of hydrogen-bond donors (Lipinski definition) is 1. The van der Waals surface area contributed by atoms with E-state index in [1.807, 2.05) is 0 Å². The zero-order valence-electron chi connectivity index (χ0n) is 9.12. The van der Waals surface area contributed by atoms with Crippen LogP contribution in [0.4, 0.5) is 0 Å². The number of methoxy groups -OCH3 is 1. The van der Waals surface area contributed by atoms with Crippen LogP contribution >= 0.6 is 0 Å². The summed E-state index contributed by atoms with van der Waals surface area (Å²) in [5, 5.41) is 10.4. The monoisotopic (exact) mass is 214 g/mol. The van der Waals surface area contributed by atoms with Crippen LogP contribution in [0.1, 0.15) is 32.1 Å². The average Bonchev–Trinajstić information content (AvgIpc) is 2.25. The molecule has 15 heavy (non-hydrogen) atoms. The fraction of sp³-hybridized carbons (Fsp3) is 0.909. The summed E-state index contributed by atoms with van der Waals surface area (Å²) in [6, 6.07) is 0. The second-order valence-corrected chi connectivity index (χ2v) is 4.66. The average molecular weight is 214 g/mol. The predicted octanol–water partition coefficient (Wildman–Crippen LogP) is 0.871. The van der Waals surface area contributed by atoms with Gasteiger partial charge in [-0.15, -0.1) is 0 Å². The van der Waals surface area contributed by atoms with E-state index in [4.69, 9.17) is 9.47 Å². The van der Waals surface area contributed by atoms with Crippen LogP contribution in [-0.4, -0.2) is 37.0 Å². The van der Waals surface area contributed by atoms with E-state index < -0.39 is 11.0 Å². The van der Waals surface area contributed by atoms with Gasteiger partial charge in [0.05, 0.1) is 20.3 Å². The third-order valence-electron chi connectivity index (χ3n) is 3.86. The van der Waals surface area contributed by atoms with Crippen LogP contribution in [0.2, 0.25) is 0 Å². The zero-order valence-corrected chi connectivity index (χ0v) is 9.12. The summed E-state index contributed by atoms with van der Waals surface area (Å²) in [7, 11) is 1.39. The van der Waals surface area contributed by atoms with Gasteiger partial charge in [0.2, 0.25) is 0 Å². The lowest BCUT2D eigenvalue weighted by atomic mass is 9.62. The normalized spacial score (nSPS) is 27.9. The Balaban J connectivity index is 2.25. The molecule has 4 heteroatoms. The van der Waals surface area contributed by atoms with Crippen molar-refractivity contribution in [1.82, 2.24) is 0 Å². The molecular formula is C11H18O4. The highest BCUT2D eigenvalue weighted by Crippen LogP contribution is 2.48. The van der Waals surface area contributed by atoms with E-state index in [2.05, 4.69) is 0 Å². The molecule has 0 bridgehead atoms. The third-order valence-corrected chi connectivity index (χ3v) is 3.86. The van der Waals surface area contributed by atoms with Crippen LogP contribution in [0.3, 0.4) is 0 Å². The number of esters is 1. The molecular weight excluding hydrogens is 196 g/mol. The molecule has 0 radical (unpaired) electrons. The molecule has 1 aliphatic heterocycles. The minimum Gasteiger partial charge on any atom is -0.469 e. The number of aliphatic hydroxyl groups is 1. The summed E-state index contributed by atoms with van der Waals surface area (Å²) in [6.45, 7) is 0.532. The molecule has 0 amide bonds. The van der Waals surface area contributed by atoms with E-state index in [0.717, 1.165) is 32.1 Å². The molecule has 1 saturated carbocycles. The third kappa shape index (κ3) is 1.47. The molecule has 86 valence electrons. The van der Waals surface area contributed by atoms with Crippen LogP contribution in [0, 0.1) is 5.41 Å². The Morgan fingerprint density at radius 1 is 1.27 bits per heavy atom. The maximum atomic E-state index is 11.9. The predicted molar refractivity (Wildman–Crippen MR) is 53.3 cm³/mol. The Kier molecular flexibility index (Phi) is 2.73. The van der Waals surface area contributed by atoms with Gasteiger partial charge in [-0.1, -0.05) is 19.3 Å². The maximum Gasteiger partial charge on any atom is 0.314 e. The van der Waals surface area contributed by atoms with Crippen molar-refractivity contribution >= 4 is 5.97 Å². The smallest absolute Gasteiger partial charge is 0.314 e. The van der Waals surface area contributed by atoms with Gasteiger partial charge in [0.15, 0.2) is 0 Å². The summed E-state index contributed by atoms with van der Waals surface area (Å²) >= 11 is 0. The van der Waals surface area contributed by atoms with Gasteiger partial charge in [0.25, 0.3) is 0 Å². The highest BCUT2D eigenvalue weighted by molar-refractivity contribution is 5.78. The molecule has 2 aliphatic rings. The molecule has 1 saturated heterocycles. The topological polar surface area (TPSA) is 55.8 Å². The van der Waals surface area contributed by atoms with E-state index in [9.17, 15) is 9.90 Å². The van der Waals surface area contributed by atoms with Crippen LogP contribution in [0.15, 0.2) is 0 Å². The van der Waals surface area contributed by atoms with E-state index in [1.54, 1.807) is 0 Å². The van der Waals surface area contributed by atoms with Crippen molar-refractivity contribution in [3.63, 3.8) is 0 Å². The second kappa shape index (κ2) is 3.76. The lowest BCUT2D eigenvalue weighted by Gasteiger charge is -2.51. The first-order valence-corrected chi connectivity index (χ1v) is 5.53. The maximum absolute atomic E-state index is 11.9. The van der Waals surface area contributed by atoms with Crippen LogP contribution in [0.5, 0.6) is 0 Å². The number of hydrogen-bond acceptors (Lipinski definition) is 4. The molecule has 2 fully saturated rings. The molecule has 0 aromatic rings. The Morgan fingerprint density at radius 3 is 2.27 bits per heavy atom. The molecule has 1 N–H and O–H groups in total. The van der Waals surface area contributed by atoms with Crippen LogP contribution < -0.4 is 0 Å². The summed E-state index contributed by atoms with van der Waals surface area (Å²) in [6.07, 6.45) is 4.55. The minimum absolute atomic E-state index is 0.266. The number of rotatable bonds is 2. The standard InChI is InChI=1S/C11H18O4/c1-14-9(12)10(5-3-2-4-6-10)11(13)7-15-8-11/h13H,2-8H2,1H3. The number of ether oxygens (including phenoxy) is 2. The summed E-state index contributed by atoms with van der Waals surface area (Å²) in [5.74, 6) is -0.270. The lowest BCUT2D eigenvalue weighted by Crippen LogP contribution is -2.65. The lowest BCUT2D eigenvalue weighted by molar-refractivity contribution is -0.252. The number of carbonyl (C=O) groups is 1. The van der Waals surface area contributed by atoms with Gasteiger partial charge in [-0.05, 0) is 12.8 Å². The van der Waals surface area contributed by atoms with Gasteiger partial charge in [-0.25, -0.2) is 0 Å². The quantitative estimate of drug-likeness (QED) is 0.693. The van der Waals surface area contributed by atoms with E-state index in [0.29, 0.717) is 0 Å². The van der Waals surface area contributed by atoms with Crippen molar-refractivity contribution in [2.45, 2.75) is 37.7 Å². The molecule has 4 nitrogen and oxygen atoms in total. The van der Waals surface area contributed by atoms with Gasteiger partial charge >= 0.3 is 5.97 Å². The molecule has 0 aromatic heterocycles. The van der Waals surface area contributed by atoms with Gasteiger partial charge < -0.3 is 14.6 Å². The Hall–Kier alpha value is -0.610. The highest BCUT2D eigenvalue weighted by atomic mass is 16.6. The SMILES string of the molecule is COC(=O)C1(C2(O)COC2)CCCCC1. The zero-order chi connectivity index (χ0) is 10.9. The van der Waals surface area contributed by atoms with Crippen molar-refractivity contribution in [3.8, 4) is 0 Å². The van der Waals surface area contributed by atoms with Gasteiger partial charge in [-0.3, -0.25) is 4.79 Å². The van der Waals surface area contributed by atoms with Crippen LogP contribution in [-0.2, 0) is 14.3 Å². The van der Waals surface area contributed by atoms with Crippen molar-refractivity contribution in [2.24, 2.45) is 5.41 Å².